The lowest BCUT2D eigenvalue weighted by Crippen LogP contribution is -2.31. The summed E-state index contributed by atoms with van der Waals surface area (Å²) < 4.78 is 0. The van der Waals surface area contributed by atoms with Crippen molar-refractivity contribution < 1.29 is 4.79 Å². The summed E-state index contributed by atoms with van der Waals surface area (Å²) in [7, 11) is 0. The molecule has 2 N–H and O–H groups in total. The number of nitrogens with one attached hydrogen (secondary N) is 2. The van der Waals surface area contributed by atoms with E-state index in [-0.39, 0.29) is 11.9 Å². The van der Waals surface area contributed by atoms with E-state index >= 15 is 0 Å². The van der Waals surface area contributed by atoms with Crippen molar-refractivity contribution >= 4 is 34.6 Å². The van der Waals surface area contributed by atoms with E-state index in [0.717, 1.165) is 29.9 Å². The van der Waals surface area contributed by atoms with Crippen LogP contribution in [0.4, 0.5) is 11.4 Å². The van der Waals surface area contributed by atoms with Crippen LogP contribution in [0.1, 0.15) is 42.5 Å². The van der Waals surface area contributed by atoms with Crippen molar-refractivity contribution in [2.75, 3.05) is 16.8 Å². The second-order valence-electron chi connectivity index (χ2n) is 6.88. The number of anilines is 2. The van der Waals surface area contributed by atoms with Crippen molar-refractivity contribution in [2.24, 2.45) is 0 Å². The van der Waals surface area contributed by atoms with Crippen LogP contribution in [0, 0.1) is 13.8 Å². The first-order valence-electron chi connectivity index (χ1n) is 8.99. The molecular weight excluding hydrogens is 342 g/mol. The summed E-state index contributed by atoms with van der Waals surface area (Å²) in [6, 6.07) is 14.6. The zero-order chi connectivity index (χ0) is 18.7. The third-order valence-corrected chi connectivity index (χ3v) is 4.96. The molecule has 1 amide bonds. The minimum absolute atomic E-state index is 0.123. The van der Waals surface area contributed by atoms with Crippen molar-refractivity contribution in [2.45, 2.75) is 39.7 Å². The van der Waals surface area contributed by atoms with Gasteiger partial charge in [-0.3, -0.25) is 4.79 Å². The van der Waals surface area contributed by atoms with Gasteiger partial charge in [0.25, 0.3) is 0 Å². The van der Waals surface area contributed by atoms with E-state index in [1.807, 2.05) is 30.0 Å². The highest BCUT2D eigenvalue weighted by Gasteiger charge is 2.22. The van der Waals surface area contributed by atoms with Crippen LogP contribution in [0.25, 0.3) is 0 Å². The largest absolute Gasteiger partial charge is 0.356 e. The van der Waals surface area contributed by atoms with Crippen LogP contribution in [-0.4, -0.2) is 17.6 Å². The Morgan fingerprint density at radius 2 is 1.88 bits per heavy atom. The molecule has 1 aliphatic heterocycles. The molecule has 1 heterocycles. The highest BCUT2D eigenvalue weighted by molar-refractivity contribution is 7.80. The number of hydrogen-bond donors (Lipinski definition) is 2. The van der Waals surface area contributed by atoms with E-state index in [1.165, 1.54) is 11.1 Å². The smallest absolute Gasteiger partial charge is 0.227 e. The summed E-state index contributed by atoms with van der Waals surface area (Å²) in [6.45, 7) is 7.00. The maximum atomic E-state index is 11.9. The van der Waals surface area contributed by atoms with E-state index in [1.54, 1.807) is 0 Å². The first-order chi connectivity index (χ1) is 12.4. The molecule has 1 atom stereocenters. The molecule has 2 aromatic carbocycles. The number of nitrogens with zero attached hydrogens (tertiary/aromatic N) is 1. The number of carbonyl (C=O) groups is 1. The summed E-state index contributed by atoms with van der Waals surface area (Å²) in [5, 5.41) is 7.14. The van der Waals surface area contributed by atoms with E-state index in [0.29, 0.717) is 11.5 Å². The van der Waals surface area contributed by atoms with E-state index in [2.05, 4.69) is 48.7 Å². The molecular formula is C21H25N3OS. The lowest BCUT2D eigenvalue weighted by atomic mass is 10.1. The van der Waals surface area contributed by atoms with Gasteiger partial charge in [0.05, 0.1) is 6.04 Å². The van der Waals surface area contributed by atoms with Gasteiger partial charge in [0.1, 0.15) is 0 Å². The van der Waals surface area contributed by atoms with Crippen molar-refractivity contribution in [3.05, 3.63) is 59.2 Å². The molecule has 0 saturated carbocycles. The van der Waals surface area contributed by atoms with Crippen LogP contribution in [0.3, 0.4) is 0 Å². The molecule has 0 radical (unpaired) electrons. The SMILES string of the molecule is Cc1ccc([C@H](C)NC(=S)Nc2ccc(N3CCCC3=O)c(C)c2)cc1. The van der Waals surface area contributed by atoms with Crippen molar-refractivity contribution in [1.82, 2.24) is 5.32 Å². The zero-order valence-electron chi connectivity index (χ0n) is 15.5. The van der Waals surface area contributed by atoms with Crippen LogP contribution < -0.4 is 15.5 Å². The number of amides is 1. The maximum Gasteiger partial charge on any atom is 0.227 e. The molecule has 0 bridgehead atoms. The predicted octanol–water partition coefficient (Wildman–Crippen LogP) is 4.48. The van der Waals surface area contributed by atoms with Crippen molar-refractivity contribution in [1.29, 1.82) is 0 Å². The standard InChI is InChI=1S/C21H25N3OS/c1-14-6-8-17(9-7-14)16(3)22-21(26)23-18-10-11-19(15(2)13-18)24-12-4-5-20(24)25/h6-11,13,16H,4-5,12H2,1-3H3,(H2,22,23,26)/t16-/m0/s1. The average Bonchev–Trinajstić information content (AvgIpc) is 3.01. The summed E-state index contributed by atoms with van der Waals surface area (Å²) >= 11 is 5.45. The topological polar surface area (TPSA) is 44.4 Å². The fourth-order valence-corrected chi connectivity index (χ4v) is 3.54. The molecule has 0 spiro atoms. The molecule has 136 valence electrons. The third kappa shape index (κ3) is 4.22. The molecule has 1 aliphatic rings. The van der Waals surface area contributed by atoms with Gasteiger partial charge in [-0.2, -0.15) is 0 Å². The summed E-state index contributed by atoms with van der Waals surface area (Å²) in [5.74, 6) is 0.206. The van der Waals surface area contributed by atoms with Crippen LogP contribution in [-0.2, 0) is 4.79 Å². The van der Waals surface area contributed by atoms with Gasteiger partial charge in [0.15, 0.2) is 5.11 Å². The van der Waals surface area contributed by atoms with Crippen LogP contribution in [0.15, 0.2) is 42.5 Å². The summed E-state index contributed by atoms with van der Waals surface area (Å²) in [4.78, 5) is 13.8. The highest BCUT2D eigenvalue weighted by atomic mass is 32.1. The Morgan fingerprint density at radius 3 is 2.50 bits per heavy atom. The molecule has 26 heavy (non-hydrogen) atoms. The van der Waals surface area contributed by atoms with Gasteiger partial charge in [-0.1, -0.05) is 29.8 Å². The number of carbonyl (C=O) groups excluding carboxylic acids is 1. The minimum atomic E-state index is 0.123. The van der Waals surface area contributed by atoms with Gasteiger partial charge < -0.3 is 15.5 Å². The fraction of sp³-hybridized carbons (Fsp3) is 0.333. The van der Waals surface area contributed by atoms with Crippen LogP contribution in [0.5, 0.6) is 0 Å². The second kappa shape index (κ2) is 7.87. The molecule has 1 fully saturated rings. The molecule has 0 unspecified atom stereocenters. The third-order valence-electron chi connectivity index (χ3n) is 4.74. The second-order valence-corrected chi connectivity index (χ2v) is 7.29. The van der Waals surface area contributed by atoms with Crippen molar-refractivity contribution in [3.63, 3.8) is 0 Å². The van der Waals surface area contributed by atoms with Crippen LogP contribution in [0.2, 0.25) is 0 Å². The number of benzene rings is 2. The predicted molar refractivity (Wildman–Crippen MR) is 112 cm³/mol. The van der Waals surface area contributed by atoms with E-state index < -0.39 is 0 Å². The van der Waals surface area contributed by atoms with Gasteiger partial charge in [0, 0.05) is 24.3 Å². The fourth-order valence-electron chi connectivity index (χ4n) is 3.24. The Labute approximate surface area is 160 Å². The Bertz CT molecular complexity index is 817. The first kappa shape index (κ1) is 18.4. The Morgan fingerprint density at radius 1 is 1.15 bits per heavy atom. The minimum Gasteiger partial charge on any atom is -0.356 e. The van der Waals surface area contributed by atoms with Gasteiger partial charge >= 0.3 is 0 Å². The Balaban J connectivity index is 1.63. The van der Waals surface area contributed by atoms with E-state index in [9.17, 15) is 4.79 Å². The van der Waals surface area contributed by atoms with Gasteiger partial charge in [0.2, 0.25) is 5.91 Å². The molecule has 0 aliphatic carbocycles. The number of aryl methyl sites for hydroxylation is 2. The monoisotopic (exact) mass is 367 g/mol. The Kier molecular flexibility index (Phi) is 5.57. The lowest BCUT2D eigenvalue weighted by molar-refractivity contribution is -0.117. The number of hydrogen-bond acceptors (Lipinski definition) is 2. The van der Waals surface area contributed by atoms with Gasteiger partial charge in [-0.15, -0.1) is 0 Å². The zero-order valence-corrected chi connectivity index (χ0v) is 16.3. The maximum absolute atomic E-state index is 11.9. The summed E-state index contributed by atoms with van der Waals surface area (Å²) in [6.07, 6.45) is 1.58. The molecule has 1 saturated heterocycles. The molecule has 2 aromatic rings. The highest BCUT2D eigenvalue weighted by Crippen LogP contribution is 2.27. The molecule has 4 nitrogen and oxygen atoms in total. The quantitative estimate of drug-likeness (QED) is 0.782. The molecule has 5 heteroatoms. The van der Waals surface area contributed by atoms with Gasteiger partial charge in [-0.25, -0.2) is 0 Å². The normalized spacial score (nSPS) is 15.0. The lowest BCUT2D eigenvalue weighted by Gasteiger charge is -2.20. The molecule has 3 rings (SSSR count). The van der Waals surface area contributed by atoms with Gasteiger partial charge in [-0.05, 0) is 68.7 Å². The van der Waals surface area contributed by atoms with Crippen LogP contribution >= 0.6 is 12.2 Å². The van der Waals surface area contributed by atoms with Crippen molar-refractivity contribution in [3.8, 4) is 0 Å². The first-order valence-corrected chi connectivity index (χ1v) is 9.40. The number of thiocarbonyl (C=S) groups is 1. The van der Waals surface area contributed by atoms with E-state index in [4.69, 9.17) is 12.2 Å². The number of rotatable bonds is 4. The summed E-state index contributed by atoms with van der Waals surface area (Å²) in [5.41, 5.74) is 5.42. The average molecular weight is 368 g/mol. The Hall–Kier alpha value is -2.40. The molecule has 0 aromatic heterocycles.